The summed E-state index contributed by atoms with van der Waals surface area (Å²) in [7, 11) is 2.90. The van der Waals surface area contributed by atoms with Gasteiger partial charge in [0.25, 0.3) is 5.91 Å². The highest BCUT2D eigenvalue weighted by molar-refractivity contribution is 5.96. The summed E-state index contributed by atoms with van der Waals surface area (Å²) in [6.45, 7) is 0.307. The van der Waals surface area contributed by atoms with Crippen molar-refractivity contribution in [2.24, 2.45) is 0 Å². The van der Waals surface area contributed by atoms with Crippen molar-refractivity contribution < 1.29 is 19.5 Å². The van der Waals surface area contributed by atoms with Crippen molar-refractivity contribution in [3.8, 4) is 5.75 Å². The summed E-state index contributed by atoms with van der Waals surface area (Å²) < 4.78 is 7.23. The molecule has 10 heteroatoms. The van der Waals surface area contributed by atoms with Crippen LogP contribution in [0.4, 0.5) is 5.95 Å². The molecule has 2 heterocycles. The molecule has 3 aromatic rings. The minimum atomic E-state index is -0.598. The third kappa shape index (κ3) is 5.02. The molecule has 1 fully saturated rings. The van der Waals surface area contributed by atoms with Gasteiger partial charge in [-0.05, 0) is 36.1 Å². The van der Waals surface area contributed by atoms with E-state index >= 15 is 0 Å². The van der Waals surface area contributed by atoms with Crippen molar-refractivity contribution in [3.63, 3.8) is 0 Å². The van der Waals surface area contributed by atoms with Crippen LogP contribution in [0.25, 0.3) is 11.0 Å². The molecule has 2 aromatic heterocycles. The van der Waals surface area contributed by atoms with E-state index < -0.39 is 11.3 Å². The number of hydroxylamine groups is 1. The van der Waals surface area contributed by atoms with E-state index in [1.54, 1.807) is 19.4 Å². The largest absolute Gasteiger partial charge is 0.497 e. The lowest BCUT2D eigenvalue weighted by Gasteiger charge is -2.26. The van der Waals surface area contributed by atoms with Gasteiger partial charge in [-0.25, -0.2) is 10.5 Å². The lowest BCUT2D eigenvalue weighted by molar-refractivity contribution is 0.0535. The topological polar surface area (TPSA) is 128 Å². The van der Waals surface area contributed by atoms with E-state index in [4.69, 9.17) is 9.57 Å². The van der Waals surface area contributed by atoms with Gasteiger partial charge in [-0.15, -0.1) is 0 Å². The molecule has 0 aliphatic heterocycles. The van der Waals surface area contributed by atoms with Crippen LogP contribution in [0.2, 0.25) is 0 Å². The smallest absolute Gasteiger partial charge is 0.280 e. The molecule has 1 aliphatic carbocycles. The van der Waals surface area contributed by atoms with Crippen molar-refractivity contribution in [2.75, 3.05) is 19.5 Å². The van der Waals surface area contributed by atoms with Crippen molar-refractivity contribution in [3.05, 3.63) is 57.5 Å². The summed E-state index contributed by atoms with van der Waals surface area (Å²) in [5.74, 6) is 0.411. The van der Waals surface area contributed by atoms with Gasteiger partial charge in [-0.1, -0.05) is 25.3 Å². The van der Waals surface area contributed by atoms with E-state index in [2.05, 4.69) is 20.8 Å². The van der Waals surface area contributed by atoms with Crippen LogP contribution in [0.5, 0.6) is 5.75 Å². The van der Waals surface area contributed by atoms with Crippen LogP contribution in [0.15, 0.2) is 35.4 Å². The van der Waals surface area contributed by atoms with Gasteiger partial charge in [-0.2, -0.15) is 4.98 Å². The van der Waals surface area contributed by atoms with Gasteiger partial charge in [0, 0.05) is 25.0 Å². The second-order valence-electron chi connectivity index (χ2n) is 8.34. The number of benzene rings is 1. The molecule has 1 aliphatic rings. The summed E-state index contributed by atoms with van der Waals surface area (Å²) >= 11 is 0. The van der Waals surface area contributed by atoms with Crippen LogP contribution in [0, 0.1) is 0 Å². The molecule has 0 saturated heterocycles. The first-order chi connectivity index (χ1) is 16.5. The Morgan fingerprint density at radius 3 is 2.65 bits per heavy atom. The van der Waals surface area contributed by atoms with E-state index in [1.165, 1.54) is 19.7 Å². The molecule has 0 bridgehead atoms. The number of hydrogen-bond acceptors (Lipinski definition) is 8. The molecule has 0 spiro atoms. The highest BCUT2D eigenvalue weighted by Crippen LogP contribution is 2.30. The number of nitrogens with zero attached hydrogens (tertiary/aromatic N) is 3. The first-order valence-electron chi connectivity index (χ1n) is 11.3. The predicted molar refractivity (Wildman–Crippen MR) is 127 cm³/mol. The molecule has 0 atom stereocenters. The maximum absolute atomic E-state index is 13.0. The number of aliphatic hydroxyl groups is 1. The van der Waals surface area contributed by atoms with Crippen LogP contribution < -0.4 is 21.0 Å². The Morgan fingerprint density at radius 1 is 1.18 bits per heavy atom. The highest BCUT2D eigenvalue weighted by Gasteiger charge is 2.22. The summed E-state index contributed by atoms with van der Waals surface area (Å²) in [6, 6.07) is 5.65. The minimum Gasteiger partial charge on any atom is -0.497 e. The van der Waals surface area contributed by atoms with Gasteiger partial charge in [0.2, 0.25) is 11.4 Å². The molecule has 180 valence electrons. The third-order valence-corrected chi connectivity index (χ3v) is 6.07. The fourth-order valence-electron chi connectivity index (χ4n) is 4.39. The number of anilines is 1. The Kier molecular flexibility index (Phi) is 7.39. The van der Waals surface area contributed by atoms with Gasteiger partial charge in [0.1, 0.15) is 17.0 Å². The lowest BCUT2D eigenvalue weighted by Crippen LogP contribution is -2.30. The number of carbonyl (C=O) groups excluding carboxylic acids is 1. The van der Waals surface area contributed by atoms with Crippen molar-refractivity contribution >= 4 is 22.9 Å². The number of aromatic nitrogens is 3. The SMILES string of the molecule is CONC(=O)c1cn(C2CCCCC2)c2nc(NCc3cc(CO)cc(OC)c3)ncc2c1=O. The maximum Gasteiger partial charge on any atom is 0.280 e. The van der Waals surface area contributed by atoms with Crippen molar-refractivity contribution in [1.82, 2.24) is 20.0 Å². The Hall–Kier alpha value is -3.50. The van der Waals surface area contributed by atoms with Crippen LogP contribution in [0.3, 0.4) is 0 Å². The first kappa shape index (κ1) is 23.7. The monoisotopic (exact) mass is 467 g/mol. The average molecular weight is 468 g/mol. The van der Waals surface area contributed by atoms with Crippen LogP contribution in [0.1, 0.15) is 59.6 Å². The number of fused-ring (bicyclic) bond motifs is 1. The predicted octanol–water partition coefficient (Wildman–Crippen LogP) is 2.70. The molecule has 1 amide bonds. The zero-order valence-electron chi connectivity index (χ0n) is 19.3. The first-order valence-corrected chi connectivity index (χ1v) is 11.3. The number of nitrogens with one attached hydrogen (secondary N) is 2. The molecular formula is C24H29N5O5. The summed E-state index contributed by atoms with van der Waals surface area (Å²) in [5, 5.41) is 13.0. The second-order valence-corrected chi connectivity index (χ2v) is 8.34. The van der Waals surface area contributed by atoms with E-state index in [-0.39, 0.29) is 23.6 Å². The fraction of sp³-hybridized carbons (Fsp3) is 0.417. The zero-order chi connectivity index (χ0) is 24.1. The maximum atomic E-state index is 13.0. The molecule has 4 rings (SSSR count). The number of aliphatic hydroxyl groups excluding tert-OH is 1. The normalized spacial score (nSPS) is 14.2. The zero-order valence-corrected chi connectivity index (χ0v) is 19.3. The number of pyridine rings is 1. The molecule has 0 unspecified atom stereocenters. The van der Waals surface area contributed by atoms with Crippen molar-refractivity contribution in [2.45, 2.75) is 51.3 Å². The summed E-state index contributed by atoms with van der Waals surface area (Å²) in [5.41, 5.74) is 3.91. The number of methoxy groups -OCH3 is 1. The van der Waals surface area contributed by atoms with Gasteiger partial charge >= 0.3 is 0 Å². The lowest BCUT2D eigenvalue weighted by atomic mass is 9.95. The molecule has 0 radical (unpaired) electrons. The Balaban J connectivity index is 1.71. The van der Waals surface area contributed by atoms with Gasteiger partial charge < -0.3 is 19.7 Å². The summed E-state index contributed by atoms with van der Waals surface area (Å²) in [4.78, 5) is 39.2. The molecule has 1 saturated carbocycles. The van der Waals surface area contributed by atoms with Crippen LogP contribution in [-0.4, -0.2) is 39.8 Å². The van der Waals surface area contributed by atoms with Crippen molar-refractivity contribution in [1.29, 1.82) is 0 Å². The van der Waals surface area contributed by atoms with E-state index in [9.17, 15) is 14.7 Å². The number of amides is 1. The Morgan fingerprint density at radius 2 is 1.94 bits per heavy atom. The quantitative estimate of drug-likeness (QED) is 0.432. The Bertz CT molecular complexity index is 1210. The highest BCUT2D eigenvalue weighted by atomic mass is 16.6. The molecule has 3 N–H and O–H groups in total. The van der Waals surface area contributed by atoms with E-state index in [0.717, 1.165) is 36.8 Å². The second kappa shape index (κ2) is 10.6. The average Bonchev–Trinajstić information content (AvgIpc) is 2.88. The molecule has 34 heavy (non-hydrogen) atoms. The Labute approximate surface area is 196 Å². The van der Waals surface area contributed by atoms with Crippen LogP contribution >= 0.6 is 0 Å². The van der Waals surface area contributed by atoms with E-state index in [1.807, 2.05) is 16.7 Å². The van der Waals surface area contributed by atoms with E-state index in [0.29, 0.717) is 23.9 Å². The van der Waals surface area contributed by atoms with Gasteiger partial charge in [0.05, 0.1) is 26.2 Å². The van der Waals surface area contributed by atoms with Gasteiger partial charge in [0.15, 0.2) is 0 Å². The number of ether oxygens (including phenoxy) is 1. The summed E-state index contributed by atoms with van der Waals surface area (Å²) in [6.07, 6.45) is 8.27. The molecule has 1 aromatic carbocycles. The number of rotatable bonds is 8. The van der Waals surface area contributed by atoms with Crippen LogP contribution in [-0.2, 0) is 18.0 Å². The fourth-order valence-corrected chi connectivity index (χ4v) is 4.39. The number of hydrogen-bond donors (Lipinski definition) is 3. The molecule has 10 nitrogen and oxygen atoms in total. The van der Waals surface area contributed by atoms with Gasteiger partial charge in [-0.3, -0.25) is 14.4 Å². The third-order valence-electron chi connectivity index (χ3n) is 6.07. The molecular weight excluding hydrogens is 438 g/mol. The minimum absolute atomic E-state index is 0.00264. The standard InChI is InChI=1S/C24H29N5O5/c1-33-18-9-15(8-16(10-18)14-30)11-25-24-26-12-19-21(31)20(23(32)28-34-2)13-29(22(19)27-24)17-6-4-3-5-7-17/h8-10,12-13,17,30H,3-7,11,14H2,1-2H3,(H,28,32)(H,25,26,27). The number of carbonyl (C=O) groups is 1.